The number of hydrogen-bond donors (Lipinski definition) is 1. The molecule has 2 saturated carbocycles. The third-order valence-electron chi connectivity index (χ3n) is 4.94. The molecule has 0 aliphatic heterocycles. The quantitative estimate of drug-likeness (QED) is 0.793. The van der Waals surface area contributed by atoms with Gasteiger partial charge in [0.25, 0.3) is 0 Å². The molecule has 1 amide bonds. The molecule has 7 heteroatoms. The first kappa shape index (κ1) is 17.1. The lowest BCUT2D eigenvalue weighted by atomic mass is 10.0. The van der Waals surface area contributed by atoms with Gasteiger partial charge in [0.15, 0.2) is 0 Å². The van der Waals surface area contributed by atoms with E-state index in [1.165, 1.54) is 11.8 Å². The molecule has 2 fully saturated rings. The molecular weight excluding hydrogens is 346 g/mol. The number of carbonyl (C=O) groups excluding carboxylic acids is 1. The van der Waals surface area contributed by atoms with Gasteiger partial charge in [-0.1, -0.05) is 30.0 Å². The Morgan fingerprint density at radius 3 is 2.69 bits per heavy atom. The zero-order chi connectivity index (χ0) is 18.0. The Labute approximate surface area is 157 Å². The molecule has 4 rings (SSSR count). The van der Waals surface area contributed by atoms with E-state index in [1.807, 2.05) is 35.0 Å². The molecule has 0 atom stereocenters. The predicted molar refractivity (Wildman–Crippen MR) is 99.0 cm³/mol. The number of para-hydroxylation sites is 1. The fraction of sp³-hybridized carbons (Fsp3) is 0.474. The first-order chi connectivity index (χ1) is 12.7. The second-order valence-corrected chi connectivity index (χ2v) is 7.95. The molecule has 2 aliphatic rings. The van der Waals surface area contributed by atoms with Crippen molar-refractivity contribution in [2.45, 2.75) is 55.1 Å². The van der Waals surface area contributed by atoms with Crippen LogP contribution in [0.25, 0.3) is 5.69 Å². The molecule has 6 nitrogen and oxygen atoms in total. The summed E-state index contributed by atoms with van der Waals surface area (Å²) in [7, 11) is 0. The molecular formula is C19H21N5OS. The van der Waals surface area contributed by atoms with E-state index >= 15 is 0 Å². The Bertz CT molecular complexity index is 831. The molecule has 0 bridgehead atoms. The minimum atomic E-state index is -0.673. The maximum Gasteiger partial charge on any atom is 0.231 e. The summed E-state index contributed by atoms with van der Waals surface area (Å²) in [4.78, 5) is 17.0. The van der Waals surface area contributed by atoms with Crippen molar-refractivity contribution in [1.29, 1.82) is 5.26 Å². The highest BCUT2D eigenvalue weighted by atomic mass is 32.2. The van der Waals surface area contributed by atoms with Crippen LogP contribution in [-0.2, 0) is 4.79 Å². The standard InChI is InChI=1S/C19H21N5OS/c20-13-19(10-4-5-11-19)22-16(25)12-26-18-21-17(14-8-9-14)24(23-18)15-6-2-1-3-7-15/h1-3,6-7,14H,4-5,8-12H2,(H,22,25). The van der Waals surface area contributed by atoms with Gasteiger partial charge in [0.1, 0.15) is 11.4 Å². The molecule has 0 radical (unpaired) electrons. The van der Waals surface area contributed by atoms with Crippen LogP contribution in [0.3, 0.4) is 0 Å². The van der Waals surface area contributed by atoms with E-state index in [9.17, 15) is 10.1 Å². The van der Waals surface area contributed by atoms with Crippen LogP contribution >= 0.6 is 11.8 Å². The monoisotopic (exact) mass is 367 g/mol. The number of hydrogen-bond acceptors (Lipinski definition) is 5. The van der Waals surface area contributed by atoms with Crippen LogP contribution in [0.5, 0.6) is 0 Å². The Morgan fingerprint density at radius 1 is 1.31 bits per heavy atom. The van der Waals surface area contributed by atoms with Crippen LogP contribution in [-0.4, -0.2) is 32.0 Å². The van der Waals surface area contributed by atoms with Crippen LogP contribution in [0.15, 0.2) is 35.5 Å². The van der Waals surface area contributed by atoms with E-state index in [4.69, 9.17) is 0 Å². The van der Waals surface area contributed by atoms with Crippen molar-refractivity contribution in [3.8, 4) is 11.8 Å². The average Bonchev–Trinajstić information content (AvgIpc) is 3.26. The number of thioether (sulfide) groups is 1. The highest BCUT2D eigenvalue weighted by molar-refractivity contribution is 7.99. The maximum absolute atomic E-state index is 12.3. The summed E-state index contributed by atoms with van der Waals surface area (Å²) >= 11 is 1.33. The van der Waals surface area contributed by atoms with Gasteiger partial charge in [-0.3, -0.25) is 4.79 Å². The molecule has 1 aromatic heterocycles. The molecule has 0 saturated heterocycles. The van der Waals surface area contributed by atoms with Crippen LogP contribution in [0.2, 0.25) is 0 Å². The summed E-state index contributed by atoms with van der Waals surface area (Å²) in [6, 6.07) is 12.3. The van der Waals surface area contributed by atoms with E-state index in [0.717, 1.165) is 50.0 Å². The third kappa shape index (κ3) is 3.61. The topological polar surface area (TPSA) is 83.6 Å². The summed E-state index contributed by atoms with van der Waals surface area (Å²) in [6.45, 7) is 0. The van der Waals surface area contributed by atoms with Crippen molar-refractivity contribution in [3.05, 3.63) is 36.2 Å². The lowest BCUT2D eigenvalue weighted by Gasteiger charge is -2.21. The van der Waals surface area contributed by atoms with Crippen LogP contribution in [0, 0.1) is 11.3 Å². The van der Waals surface area contributed by atoms with E-state index in [1.54, 1.807) is 0 Å². The number of aromatic nitrogens is 3. The minimum Gasteiger partial charge on any atom is -0.337 e. The summed E-state index contributed by atoms with van der Waals surface area (Å²) in [5.74, 6) is 1.55. The van der Waals surface area contributed by atoms with Crippen LogP contribution in [0.1, 0.15) is 50.3 Å². The Balaban J connectivity index is 1.44. The highest BCUT2D eigenvalue weighted by Gasteiger charge is 2.35. The zero-order valence-corrected chi connectivity index (χ0v) is 15.3. The van der Waals surface area contributed by atoms with Gasteiger partial charge in [0.2, 0.25) is 11.1 Å². The van der Waals surface area contributed by atoms with Gasteiger partial charge in [0.05, 0.1) is 17.5 Å². The van der Waals surface area contributed by atoms with Gasteiger partial charge in [0, 0.05) is 5.92 Å². The van der Waals surface area contributed by atoms with Crippen LogP contribution < -0.4 is 5.32 Å². The number of nitrogens with one attached hydrogen (secondary N) is 1. The van der Waals surface area contributed by atoms with Crippen molar-refractivity contribution in [1.82, 2.24) is 20.1 Å². The minimum absolute atomic E-state index is 0.123. The molecule has 0 unspecified atom stereocenters. The van der Waals surface area contributed by atoms with E-state index in [-0.39, 0.29) is 11.7 Å². The van der Waals surface area contributed by atoms with Gasteiger partial charge < -0.3 is 5.32 Å². The number of amides is 1. The van der Waals surface area contributed by atoms with E-state index in [0.29, 0.717) is 11.1 Å². The van der Waals surface area contributed by atoms with Crippen molar-refractivity contribution in [3.63, 3.8) is 0 Å². The van der Waals surface area contributed by atoms with E-state index in [2.05, 4.69) is 21.5 Å². The lowest BCUT2D eigenvalue weighted by Crippen LogP contribution is -2.45. The summed E-state index contributed by atoms with van der Waals surface area (Å²) in [5.41, 5.74) is 0.320. The van der Waals surface area contributed by atoms with Gasteiger partial charge >= 0.3 is 0 Å². The Hall–Kier alpha value is -2.33. The van der Waals surface area contributed by atoms with Gasteiger partial charge in [-0.15, -0.1) is 5.10 Å². The zero-order valence-electron chi connectivity index (χ0n) is 14.5. The second kappa shape index (κ2) is 7.12. The largest absolute Gasteiger partial charge is 0.337 e. The average molecular weight is 367 g/mol. The second-order valence-electron chi connectivity index (χ2n) is 7.01. The highest BCUT2D eigenvalue weighted by Crippen LogP contribution is 2.40. The third-order valence-corrected chi connectivity index (χ3v) is 5.78. The van der Waals surface area contributed by atoms with E-state index < -0.39 is 5.54 Å². The van der Waals surface area contributed by atoms with Crippen molar-refractivity contribution < 1.29 is 4.79 Å². The predicted octanol–water partition coefficient (Wildman–Crippen LogP) is 3.19. The first-order valence-electron chi connectivity index (χ1n) is 9.07. The Morgan fingerprint density at radius 2 is 2.04 bits per heavy atom. The Kier molecular flexibility index (Phi) is 4.68. The number of rotatable bonds is 6. The van der Waals surface area contributed by atoms with Crippen molar-refractivity contribution in [2.75, 3.05) is 5.75 Å². The van der Waals surface area contributed by atoms with Gasteiger partial charge in [-0.05, 0) is 50.7 Å². The summed E-state index contributed by atoms with van der Waals surface area (Å²) < 4.78 is 1.89. The van der Waals surface area contributed by atoms with Gasteiger partial charge in [-0.2, -0.15) is 5.26 Å². The lowest BCUT2D eigenvalue weighted by molar-refractivity contribution is -0.119. The number of nitrogens with zero attached hydrogens (tertiary/aromatic N) is 4. The fourth-order valence-electron chi connectivity index (χ4n) is 3.41. The molecule has 1 aromatic carbocycles. The maximum atomic E-state index is 12.3. The molecule has 0 spiro atoms. The summed E-state index contributed by atoms with van der Waals surface area (Å²) in [6.07, 6.45) is 5.75. The number of benzene rings is 1. The normalized spacial score (nSPS) is 18.4. The molecule has 1 N–H and O–H groups in total. The summed E-state index contributed by atoms with van der Waals surface area (Å²) in [5, 5.41) is 17.5. The molecule has 26 heavy (non-hydrogen) atoms. The molecule has 1 heterocycles. The van der Waals surface area contributed by atoms with Crippen LogP contribution in [0.4, 0.5) is 0 Å². The fourth-order valence-corrected chi connectivity index (χ4v) is 4.04. The smallest absolute Gasteiger partial charge is 0.231 e. The molecule has 2 aromatic rings. The van der Waals surface area contributed by atoms with Gasteiger partial charge in [-0.25, -0.2) is 9.67 Å². The number of carbonyl (C=O) groups is 1. The van der Waals surface area contributed by atoms with Crippen molar-refractivity contribution >= 4 is 17.7 Å². The van der Waals surface area contributed by atoms with Crippen molar-refractivity contribution in [2.24, 2.45) is 0 Å². The first-order valence-corrected chi connectivity index (χ1v) is 10.1. The molecule has 134 valence electrons. The SMILES string of the molecule is N#CC1(NC(=O)CSc2nc(C3CC3)n(-c3ccccc3)n2)CCCC1. The number of nitriles is 1. The molecule has 2 aliphatic carbocycles.